The Labute approximate surface area is 117 Å². The highest BCUT2D eigenvalue weighted by Crippen LogP contribution is 2.27. The number of carboxylic acids is 1. The molecule has 0 radical (unpaired) electrons. The molecule has 0 spiro atoms. The summed E-state index contributed by atoms with van der Waals surface area (Å²) in [5.74, 6) is -1.40. The molecule has 19 heavy (non-hydrogen) atoms. The smallest absolute Gasteiger partial charge is 0.326 e. The number of hydrogen-bond acceptors (Lipinski definition) is 3. The van der Waals surface area contributed by atoms with Crippen LogP contribution in [-0.2, 0) is 4.79 Å². The second kappa shape index (κ2) is 5.05. The number of amides is 1. The molecule has 2 rings (SSSR count). The van der Waals surface area contributed by atoms with Gasteiger partial charge < -0.3 is 14.4 Å². The zero-order valence-electron chi connectivity index (χ0n) is 10.4. The highest BCUT2D eigenvalue weighted by atomic mass is 79.9. The number of aliphatic carboxylic acids is 1. The van der Waals surface area contributed by atoms with Crippen LogP contribution in [0.1, 0.15) is 17.5 Å². The van der Waals surface area contributed by atoms with E-state index in [-0.39, 0.29) is 5.76 Å². The fourth-order valence-electron chi connectivity index (χ4n) is 1.65. The molecule has 1 aromatic carbocycles. The zero-order chi connectivity index (χ0) is 14.2. The third-order valence-electron chi connectivity index (χ3n) is 2.97. The van der Waals surface area contributed by atoms with Crippen LogP contribution in [-0.4, -0.2) is 35.0 Å². The first-order valence-corrected chi connectivity index (χ1v) is 6.39. The molecule has 6 heteroatoms. The van der Waals surface area contributed by atoms with Gasteiger partial charge >= 0.3 is 5.97 Å². The number of benzene rings is 1. The quantitative estimate of drug-likeness (QED) is 0.941. The van der Waals surface area contributed by atoms with E-state index < -0.39 is 17.9 Å². The van der Waals surface area contributed by atoms with Gasteiger partial charge in [0.15, 0.2) is 5.76 Å². The second-order valence-corrected chi connectivity index (χ2v) is 5.05. The lowest BCUT2D eigenvalue weighted by Gasteiger charge is -2.19. The van der Waals surface area contributed by atoms with E-state index in [1.165, 1.54) is 14.0 Å². The highest BCUT2D eigenvalue weighted by molar-refractivity contribution is 9.10. The number of fused-ring (bicyclic) bond motifs is 1. The number of nitrogens with zero attached hydrogens (tertiary/aromatic N) is 1. The Bertz CT molecular complexity index is 649. The standard InChI is InChI=1S/C13H12BrNO4/c1-7(13(17)18)15(2)12(16)10-6-8-4-3-5-9(14)11(8)19-10/h3-7H,1-2H3,(H,17,18). The van der Waals surface area contributed by atoms with Crippen molar-refractivity contribution in [3.63, 3.8) is 0 Å². The minimum atomic E-state index is -1.06. The van der Waals surface area contributed by atoms with Crippen LogP contribution in [0.4, 0.5) is 0 Å². The topological polar surface area (TPSA) is 70.8 Å². The van der Waals surface area contributed by atoms with Crippen molar-refractivity contribution in [1.82, 2.24) is 4.90 Å². The minimum Gasteiger partial charge on any atom is -0.480 e. The number of carbonyl (C=O) groups excluding carboxylic acids is 1. The molecule has 0 saturated heterocycles. The molecule has 5 nitrogen and oxygen atoms in total. The monoisotopic (exact) mass is 325 g/mol. The van der Waals surface area contributed by atoms with Gasteiger partial charge in [-0.3, -0.25) is 4.79 Å². The average Bonchev–Trinajstić information content (AvgIpc) is 2.81. The summed E-state index contributed by atoms with van der Waals surface area (Å²) >= 11 is 3.34. The lowest BCUT2D eigenvalue weighted by molar-refractivity contribution is -0.141. The zero-order valence-corrected chi connectivity index (χ0v) is 12.0. The number of para-hydroxylation sites is 1. The maximum Gasteiger partial charge on any atom is 0.326 e. The second-order valence-electron chi connectivity index (χ2n) is 4.20. The number of furan rings is 1. The van der Waals surface area contributed by atoms with E-state index in [2.05, 4.69) is 15.9 Å². The van der Waals surface area contributed by atoms with Crippen molar-refractivity contribution in [2.24, 2.45) is 0 Å². The van der Waals surface area contributed by atoms with Gasteiger partial charge in [0.2, 0.25) is 0 Å². The van der Waals surface area contributed by atoms with Gasteiger partial charge in [0, 0.05) is 12.4 Å². The molecule has 0 aliphatic carbocycles. The Hall–Kier alpha value is -1.82. The molecule has 2 aromatic rings. The summed E-state index contributed by atoms with van der Waals surface area (Å²) in [5, 5.41) is 9.69. The summed E-state index contributed by atoms with van der Waals surface area (Å²) in [6, 6.07) is 6.15. The van der Waals surface area contributed by atoms with Gasteiger partial charge in [0.05, 0.1) is 4.47 Å². The van der Waals surface area contributed by atoms with Crippen LogP contribution in [0.2, 0.25) is 0 Å². The highest BCUT2D eigenvalue weighted by Gasteiger charge is 2.25. The average molecular weight is 326 g/mol. The first kappa shape index (κ1) is 13.6. The molecule has 1 unspecified atom stereocenters. The van der Waals surface area contributed by atoms with Crippen molar-refractivity contribution in [2.45, 2.75) is 13.0 Å². The van der Waals surface area contributed by atoms with Gasteiger partial charge in [-0.1, -0.05) is 12.1 Å². The van der Waals surface area contributed by atoms with E-state index in [1.54, 1.807) is 6.07 Å². The fourth-order valence-corrected chi connectivity index (χ4v) is 2.11. The Balaban J connectivity index is 2.37. The van der Waals surface area contributed by atoms with Crippen molar-refractivity contribution in [3.05, 3.63) is 34.5 Å². The van der Waals surface area contributed by atoms with Crippen LogP contribution in [0, 0.1) is 0 Å². The van der Waals surface area contributed by atoms with Gasteiger partial charge in [-0.2, -0.15) is 0 Å². The molecule has 0 aliphatic heterocycles. The summed E-state index contributed by atoms with van der Waals surface area (Å²) in [6.45, 7) is 1.44. The SMILES string of the molecule is CC(C(=O)O)N(C)C(=O)c1cc2cccc(Br)c2o1. The number of hydrogen-bond donors (Lipinski definition) is 1. The van der Waals surface area contributed by atoms with Crippen LogP contribution in [0.5, 0.6) is 0 Å². The molecule has 1 heterocycles. The third kappa shape index (κ3) is 2.49. The molecule has 0 bridgehead atoms. The Morgan fingerprint density at radius 3 is 2.68 bits per heavy atom. The molecule has 0 fully saturated rings. The van der Waals surface area contributed by atoms with Crippen molar-refractivity contribution in [1.29, 1.82) is 0 Å². The molecular weight excluding hydrogens is 314 g/mol. The summed E-state index contributed by atoms with van der Waals surface area (Å²) < 4.78 is 6.23. The van der Waals surface area contributed by atoms with Gasteiger partial charge in [-0.05, 0) is 35.0 Å². The van der Waals surface area contributed by atoms with Crippen LogP contribution in [0.25, 0.3) is 11.0 Å². The van der Waals surface area contributed by atoms with E-state index in [0.29, 0.717) is 5.58 Å². The number of carbonyl (C=O) groups is 2. The number of rotatable bonds is 3. The first-order chi connectivity index (χ1) is 8.91. The van der Waals surface area contributed by atoms with E-state index in [4.69, 9.17) is 9.52 Å². The fraction of sp³-hybridized carbons (Fsp3) is 0.231. The predicted molar refractivity (Wildman–Crippen MR) is 73.1 cm³/mol. The summed E-state index contributed by atoms with van der Waals surface area (Å²) in [7, 11) is 1.43. The van der Waals surface area contributed by atoms with Crippen molar-refractivity contribution < 1.29 is 19.1 Å². The van der Waals surface area contributed by atoms with Crippen LogP contribution >= 0.6 is 15.9 Å². The Morgan fingerprint density at radius 1 is 1.42 bits per heavy atom. The van der Waals surface area contributed by atoms with Crippen LogP contribution < -0.4 is 0 Å². The Kier molecular flexibility index (Phi) is 3.61. The summed E-state index contributed by atoms with van der Waals surface area (Å²) in [4.78, 5) is 24.1. The van der Waals surface area contributed by atoms with Crippen LogP contribution in [0.3, 0.4) is 0 Å². The Morgan fingerprint density at radius 2 is 2.11 bits per heavy atom. The minimum absolute atomic E-state index is 0.123. The third-order valence-corrected chi connectivity index (χ3v) is 3.59. The van der Waals surface area contributed by atoms with Crippen molar-refractivity contribution >= 4 is 38.8 Å². The molecule has 1 amide bonds. The molecule has 0 aliphatic rings. The molecule has 1 atom stereocenters. The van der Waals surface area contributed by atoms with Gasteiger partial charge in [-0.25, -0.2) is 4.79 Å². The van der Waals surface area contributed by atoms with E-state index in [0.717, 1.165) is 14.8 Å². The van der Waals surface area contributed by atoms with Gasteiger partial charge in [0.1, 0.15) is 11.6 Å². The predicted octanol–water partition coefficient (Wildman–Crippen LogP) is 2.74. The number of carboxylic acid groups (broad SMARTS) is 1. The maximum absolute atomic E-state index is 12.1. The molecule has 100 valence electrons. The molecule has 0 saturated carbocycles. The lowest BCUT2D eigenvalue weighted by Crippen LogP contribution is -2.40. The molecule has 1 aromatic heterocycles. The lowest BCUT2D eigenvalue weighted by atomic mass is 10.2. The number of halogens is 1. The molecular formula is C13H12BrNO4. The van der Waals surface area contributed by atoms with E-state index >= 15 is 0 Å². The maximum atomic E-state index is 12.1. The van der Waals surface area contributed by atoms with E-state index in [1.807, 2.05) is 18.2 Å². The first-order valence-electron chi connectivity index (χ1n) is 5.60. The van der Waals surface area contributed by atoms with Crippen molar-refractivity contribution in [2.75, 3.05) is 7.05 Å². The van der Waals surface area contributed by atoms with Crippen molar-refractivity contribution in [3.8, 4) is 0 Å². The summed E-state index contributed by atoms with van der Waals surface area (Å²) in [5.41, 5.74) is 0.572. The van der Waals surface area contributed by atoms with E-state index in [9.17, 15) is 9.59 Å². The van der Waals surface area contributed by atoms with Crippen LogP contribution in [0.15, 0.2) is 33.2 Å². The number of likely N-dealkylation sites (N-methyl/N-ethyl adjacent to an activating group) is 1. The normalized spacial score (nSPS) is 12.4. The largest absolute Gasteiger partial charge is 0.480 e. The molecule has 1 N–H and O–H groups in total. The van der Waals surface area contributed by atoms with Gasteiger partial charge in [0.25, 0.3) is 5.91 Å². The van der Waals surface area contributed by atoms with Gasteiger partial charge in [-0.15, -0.1) is 0 Å². The summed E-state index contributed by atoms with van der Waals surface area (Å²) in [6.07, 6.45) is 0.